The molecule has 0 aliphatic carbocycles. The van der Waals surface area contributed by atoms with Crippen molar-refractivity contribution in [2.75, 3.05) is 20.2 Å². The number of aryl methyl sites for hydroxylation is 1. The third-order valence-electron chi connectivity index (χ3n) is 7.13. The highest BCUT2D eigenvalue weighted by Gasteiger charge is 2.24. The minimum absolute atomic E-state index is 0.149. The maximum Gasteiger partial charge on any atom is 0.254 e. The average molecular weight is 615 g/mol. The van der Waals surface area contributed by atoms with Crippen molar-refractivity contribution in [2.24, 2.45) is 5.92 Å². The third kappa shape index (κ3) is 9.74. The van der Waals surface area contributed by atoms with Crippen molar-refractivity contribution in [1.82, 2.24) is 20.5 Å². The first-order chi connectivity index (χ1) is 21.2. The highest BCUT2D eigenvalue weighted by atomic mass is 32.1. The summed E-state index contributed by atoms with van der Waals surface area (Å²) in [5, 5.41) is 20.4. The standard InChI is InChI=1S/C35H42N4O4S/c1-24(2)21-39(22-33-37-25(3)23-44-33)35(42)29-14-9-13-28(18-29)34(41)38-31(17-26-10-6-5-7-11-26)32(40)20-36-19-27-12-8-15-30(16-27)43-4/h5-16,18,23-24,31-32,36,40H,17,19-22H2,1-4H3,(H,38,41). The molecule has 0 aliphatic rings. The van der Waals surface area contributed by atoms with Gasteiger partial charge in [-0.3, -0.25) is 9.59 Å². The van der Waals surface area contributed by atoms with E-state index in [1.54, 1.807) is 36.3 Å². The zero-order valence-electron chi connectivity index (χ0n) is 25.8. The monoisotopic (exact) mass is 614 g/mol. The van der Waals surface area contributed by atoms with E-state index in [4.69, 9.17) is 4.74 Å². The zero-order valence-corrected chi connectivity index (χ0v) is 26.6. The fraction of sp³-hybridized carbons (Fsp3) is 0.343. The number of benzene rings is 3. The predicted octanol–water partition coefficient (Wildman–Crippen LogP) is 5.25. The number of nitrogens with one attached hydrogen (secondary N) is 2. The normalized spacial score (nSPS) is 12.5. The van der Waals surface area contributed by atoms with E-state index in [0.29, 0.717) is 37.2 Å². The Kier molecular flexibility index (Phi) is 12.1. The minimum atomic E-state index is -0.863. The van der Waals surface area contributed by atoms with Crippen molar-refractivity contribution in [3.63, 3.8) is 0 Å². The van der Waals surface area contributed by atoms with E-state index in [2.05, 4.69) is 29.5 Å². The smallest absolute Gasteiger partial charge is 0.254 e. The Bertz CT molecular complexity index is 1510. The number of hydrogen-bond acceptors (Lipinski definition) is 7. The topological polar surface area (TPSA) is 104 Å². The fourth-order valence-electron chi connectivity index (χ4n) is 4.97. The lowest BCUT2D eigenvalue weighted by Crippen LogP contribution is -2.48. The second kappa shape index (κ2) is 16.1. The number of methoxy groups -OCH3 is 1. The van der Waals surface area contributed by atoms with Gasteiger partial charge in [-0.05, 0) is 60.7 Å². The van der Waals surface area contributed by atoms with Crippen molar-refractivity contribution in [1.29, 1.82) is 0 Å². The third-order valence-corrected chi connectivity index (χ3v) is 8.08. The average Bonchev–Trinajstić information content (AvgIpc) is 3.44. The molecule has 9 heteroatoms. The number of amides is 2. The van der Waals surface area contributed by atoms with Gasteiger partial charge in [-0.2, -0.15) is 0 Å². The number of carbonyl (C=O) groups is 2. The van der Waals surface area contributed by atoms with Gasteiger partial charge < -0.3 is 25.4 Å². The minimum Gasteiger partial charge on any atom is -0.497 e. The molecule has 4 rings (SSSR count). The summed E-state index contributed by atoms with van der Waals surface area (Å²) in [6.07, 6.45) is -0.416. The second-order valence-corrected chi connectivity index (χ2v) is 12.3. The molecule has 44 heavy (non-hydrogen) atoms. The van der Waals surface area contributed by atoms with Crippen molar-refractivity contribution >= 4 is 23.2 Å². The Morgan fingerprint density at radius 2 is 1.70 bits per heavy atom. The molecule has 2 unspecified atom stereocenters. The summed E-state index contributed by atoms with van der Waals surface area (Å²) >= 11 is 1.54. The van der Waals surface area contributed by atoms with Gasteiger partial charge in [0, 0.05) is 41.8 Å². The van der Waals surface area contributed by atoms with Crippen LogP contribution in [0.5, 0.6) is 5.75 Å². The molecule has 3 N–H and O–H groups in total. The van der Waals surface area contributed by atoms with Crippen LogP contribution in [0.3, 0.4) is 0 Å². The lowest BCUT2D eigenvalue weighted by Gasteiger charge is -2.25. The molecule has 4 aromatic rings. The number of thiazole rings is 1. The largest absolute Gasteiger partial charge is 0.497 e. The van der Waals surface area contributed by atoms with E-state index < -0.39 is 12.1 Å². The number of aliphatic hydroxyl groups is 1. The Morgan fingerprint density at radius 1 is 0.977 bits per heavy atom. The van der Waals surface area contributed by atoms with Gasteiger partial charge in [0.05, 0.1) is 25.8 Å². The van der Waals surface area contributed by atoms with Gasteiger partial charge in [0.25, 0.3) is 11.8 Å². The number of nitrogens with zero attached hydrogens (tertiary/aromatic N) is 2. The van der Waals surface area contributed by atoms with E-state index in [0.717, 1.165) is 27.6 Å². The maximum atomic E-state index is 13.6. The Balaban J connectivity index is 1.46. The molecular formula is C35H42N4O4S. The molecule has 232 valence electrons. The van der Waals surface area contributed by atoms with E-state index in [-0.39, 0.29) is 24.3 Å². The van der Waals surface area contributed by atoms with Crippen LogP contribution < -0.4 is 15.4 Å². The van der Waals surface area contributed by atoms with Crippen LogP contribution in [0, 0.1) is 12.8 Å². The van der Waals surface area contributed by atoms with Crippen molar-refractivity contribution < 1.29 is 19.4 Å². The Morgan fingerprint density at radius 3 is 2.41 bits per heavy atom. The molecule has 0 aliphatic heterocycles. The molecule has 1 heterocycles. The van der Waals surface area contributed by atoms with E-state index in [1.165, 1.54) is 11.3 Å². The van der Waals surface area contributed by atoms with Crippen LogP contribution in [-0.2, 0) is 19.5 Å². The summed E-state index contributed by atoms with van der Waals surface area (Å²) < 4.78 is 5.30. The molecule has 0 saturated carbocycles. The second-order valence-electron chi connectivity index (χ2n) is 11.4. The van der Waals surface area contributed by atoms with Gasteiger partial charge in [0.15, 0.2) is 0 Å². The van der Waals surface area contributed by atoms with E-state index >= 15 is 0 Å². The molecule has 2 amide bonds. The van der Waals surface area contributed by atoms with E-state index in [1.807, 2.05) is 66.9 Å². The van der Waals surface area contributed by atoms with Crippen molar-refractivity contribution in [2.45, 2.75) is 52.4 Å². The van der Waals surface area contributed by atoms with Crippen LogP contribution in [0.4, 0.5) is 0 Å². The van der Waals surface area contributed by atoms with Crippen LogP contribution in [0.2, 0.25) is 0 Å². The molecule has 0 bridgehead atoms. The molecule has 1 aromatic heterocycles. The number of carbonyl (C=O) groups excluding carboxylic acids is 2. The van der Waals surface area contributed by atoms with Crippen LogP contribution in [-0.4, -0.2) is 59.1 Å². The fourth-order valence-corrected chi connectivity index (χ4v) is 5.75. The Labute approximate surface area is 264 Å². The van der Waals surface area contributed by atoms with Gasteiger partial charge >= 0.3 is 0 Å². The molecular weight excluding hydrogens is 572 g/mol. The first-order valence-electron chi connectivity index (χ1n) is 14.9. The van der Waals surface area contributed by atoms with Crippen LogP contribution in [0.1, 0.15) is 56.4 Å². The maximum absolute atomic E-state index is 13.6. The van der Waals surface area contributed by atoms with Crippen molar-refractivity contribution in [3.05, 3.63) is 117 Å². The number of ether oxygens (including phenoxy) is 1. The van der Waals surface area contributed by atoms with Crippen LogP contribution in [0.15, 0.2) is 84.2 Å². The molecule has 0 radical (unpaired) electrons. The van der Waals surface area contributed by atoms with Gasteiger partial charge in [-0.25, -0.2) is 4.98 Å². The number of aromatic nitrogens is 1. The van der Waals surface area contributed by atoms with Crippen LogP contribution >= 0.6 is 11.3 Å². The highest BCUT2D eigenvalue weighted by Crippen LogP contribution is 2.18. The lowest BCUT2D eigenvalue weighted by atomic mass is 10.00. The SMILES string of the molecule is COc1cccc(CNCC(O)C(Cc2ccccc2)NC(=O)c2cccc(C(=O)N(Cc3nc(C)cs3)CC(C)C)c2)c1. The number of rotatable bonds is 15. The summed E-state index contributed by atoms with van der Waals surface area (Å²) in [5.41, 5.74) is 3.75. The lowest BCUT2D eigenvalue weighted by molar-refractivity contribution is 0.0722. The molecule has 0 fully saturated rings. The zero-order chi connectivity index (χ0) is 31.5. The predicted molar refractivity (Wildman–Crippen MR) is 175 cm³/mol. The Hall–Kier alpha value is -4.05. The number of aliphatic hydroxyl groups excluding tert-OH is 1. The van der Waals surface area contributed by atoms with Gasteiger partial charge in [-0.1, -0.05) is 62.4 Å². The van der Waals surface area contributed by atoms with Gasteiger partial charge in [-0.15, -0.1) is 11.3 Å². The van der Waals surface area contributed by atoms with Crippen LogP contribution in [0.25, 0.3) is 0 Å². The summed E-state index contributed by atoms with van der Waals surface area (Å²) in [5.74, 6) is 0.539. The highest BCUT2D eigenvalue weighted by molar-refractivity contribution is 7.09. The summed E-state index contributed by atoms with van der Waals surface area (Å²) in [7, 11) is 1.63. The van der Waals surface area contributed by atoms with Gasteiger partial charge in [0.2, 0.25) is 0 Å². The quantitative estimate of drug-likeness (QED) is 0.169. The van der Waals surface area contributed by atoms with Gasteiger partial charge in [0.1, 0.15) is 10.8 Å². The van der Waals surface area contributed by atoms with Crippen molar-refractivity contribution in [3.8, 4) is 5.75 Å². The molecule has 3 aromatic carbocycles. The summed E-state index contributed by atoms with van der Waals surface area (Å²) in [6, 6.07) is 23.7. The molecule has 0 saturated heterocycles. The molecule has 0 spiro atoms. The molecule has 2 atom stereocenters. The van der Waals surface area contributed by atoms with E-state index in [9.17, 15) is 14.7 Å². The summed E-state index contributed by atoms with van der Waals surface area (Å²) in [4.78, 5) is 33.5. The number of hydrogen-bond donors (Lipinski definition) is 3. The first-order valence-corrected chi connectivity index (χ1v) is 15.8. The summed E-state index contributed by atoms with van der Waals surface area (Å²) in [6.45, 7) is 7.88. The molecule has 8 nitrogen and oxygen atoms in total. The first kappa shape index (κ1) is 32.9.